The van der Waals surface area contributed by atoms with Gasteiger partial charge in [-0.15, -0.1) is 0 Å². The standard InChI is InChI=1S/C13H18ClN3/c1-17(13-12(14)15-4-5-16-13)8-11-7-9-2-3-10(11)6-9/h4-5,9-11H,2-3,6-8H2,1H3. The van der Waals surface area contributed by atoms with Crippen LogP contribution in [-0.2, 0) is 0 Å². The highest BCUT2D eigenvalue weighted by atomic mass is 35.5. The van der Waals surface area contributed by atoms with Crippen LogP contribution in [0.4, 0.5) is 5.82 Å². The zero-order valence-corrected chi connectivity index (χ0v) is 10.9. The SMILES string of the molecule is CN(CC1CC2CCC1C2)c1nccnc1Cl. The van der Waals surface area contributed by atoms with Gasteiger partial charge in [-0.25, -0.2) is 9.97 Å². The minimum absolute atomic E-state index is 0.512. The van der Waals surface area contributed by atoms with E-state index < -0.39 is 0 Å². The normalized spacial score (nSPS) is 30.8. The van der Waals surface area contributed by atoms with Crippen LogP contribution in [0.15, 0.2) is 12.4 Å². The number of aromatic nitrogens is 2. The third kappa shape index (κ3) is 2.13. The molecule has 2 aliphatic carbocycles. The number of rotatable bonds is 3. The average Bonchev–Trinajstić information content (AvgIpc) is 2.91. The predicted octanol–water partition coefficient (Wildman–Crippen LogP) is 3.00. The van der Waals surface area contributed by atoms with Crippen molar-refractivity contribution < 1.29 is 0 Å². The van der Waals surface area contributed by atoms with Gasteiger partial charge >= 0.3 is 0 Å². The maximum absolute atomic E-state index is 6.07. The summed E-state index contributed by atoms with van der Waals surface area (Å²) in [6, 6.07) is 0. The third-order valence-electron chi connectivity index (χ3n) is 4.39. The second-order valence-electron chi connectivity index (χ2n) is 5.49. The molecule has 17 heavy (non-hydrogen) atoms. The maximum Gasteiger partial charge on any atom is 0.171 e. The van der Waals surface area contributed by atoms with Crippen LogP contribution in [0.2, 0.25) is 5.15 Å². The summed E-state index contributed by atoms with van der Waals surface area (Å²) in [5.41, 5.74) is 0. The fourth-order valence-electron chi connectivity index (χ4n) is 3.61. The minimum Gasteiger partial charge on any atom is -0.357 e. The highest BCUT2D eigenvalue weighted by molar-refractivity contribution is 6.31. The number of hydrogen-bond acceptors (Lipinski definition) is 3. The first-order valence-electron chi connectivity index (χ1n) is 6.41. The topological polar surface area (TPSA) is 29.0 Å². The van der Waals surface area contributed by atoms with E-state index >= 15 is 0 Å². The van der Waals surface area contributed by atoms with Gasteiger partial charge in [0.15, 0.2) is 11.0 Å². The molecule has 0 N–H and O–H groups in total. The van der Waals surface area contributed by atoms with Crippen LogP contribution in [0.1, 0.15) is 25.7 Å². The monoisotopic (exact) mass is 251 g/mol. The average molecular weight is 252 g/mol. The van der Waals surface area contributed by atoms with Crippen LogP contribution in [0.5, 0.6) is 0 Å². The Kier molecular flexibility index (Phi) is 2.95. The Hall–Kier alpha value is -0.830. The van der Waals surface area contributed by atoms with E-state index in [4.69, 9.17) is 11.6 Å². The Morgan fingerprint density at radius 1 is 1.29 bits per heavy atom. The van der Waals surface area contributed by atoms with E-state index in [1.807, 2.05) is 0 Å². The molecule has 0 radical (unpaired) electrons. The van der Waals surface area contributed by atoms with Gasteiger partial charge in [0.05, 0.1) is 0 Å². The fourth-order valence-corrected chi connectivity index (χ4v) is 3.86. The van der Waals surface area contributed by atoms with Gasteiger partial charge in [-0.05, 0) is 37.0 Å². The van der Waals surface area contributed by atoms with Crippen molar-refractivity contribution in [2.45, 2.75) is 25.7 Å². The molecule has 2 fully saturated rings. The first-order valence-corrected chi connectivity index (χ1v) is 6.79. The van der Waals surface area contributed by atoms with Gasteiger partial charge in [0.2, 0.25) is 0 Å². The van der Waals surface area contributed by atoms with Gasteiger partial charge in [0.1, 0.15) is 0 Å². The largest absolute Gasteiger partial charge is 0.357 e. The molecule has 1 aromatic heterocycles. The summed E-state index contributed by atoms with van der Waals surface area (Å²) in [5.74, 6) is 3.59. The van der Waals surface area contributed by atoms with E-state index in [0.29, 0.717) is 5.15 Å². The number of halogens is 1. The van der Waals surface area contributed by atoms with E-state index in [1.54, 1.807) is 12.4 Å². The predicted molar refractivity (Wildman–Crippen MR) is 69.3 cm³/mol. The Bertz CT molecular complexity index is 409. The van der Waals surface area contributed by atoms with Crippen molar-refractivity contribution in [3.8, 4) is 0 Å². The summed E-state index contributed by atoms with van der Waals surface area (Å²) in [7, 11) is 2.07. The first-order chi connectivity index (χ1) is 8.24. The number of fused-ring (bicyclic) bond motifs is 2. The minimum atomic E-state index is 0.512. The molecule has 0 spiro atoms. The van der Waals surface area contributed by atoms with Gasteiger partial charge in [-0.3, -0.25) is 0 Å². The van der Waals surface area contributed by atoms with Crippen LogP contribution >= 0.6 is 11.6 Å². The zero-order valence-electron chi connectivity index (χ0n) is 10.1. The molecule has 2 bridgehead atoms. The number of nitrogens with zero attached hydrogens (tertiary/aromatic N) is 3. The highest BCUT2D eigenvalue weighted by Crippen LogP contribution is 2.48. The molecule has 1 heterocycles. The lowest BCUT2D eigenvalue weighted by molar-refractivity contribution is 0.337. The molecular formula is C13H18ClN3. The lowest BCUT2D eigenvalue weighted by Gasteiger charge is -2.27. The van der Waals surface area contributed by atoms with Crippen molar-refractivity contribution in [1.29, 1.82) is 0 Å². The molecule has 0 aromatic carbocycles. The molecule has 0 saturated heterocycles. The molecular weight excluding hydrogens is 234 g/mol. The van der Waals surface area contributed by atoms with Crippen LogP contribution in [0.3, 0.4) is 0 Å². The molecule has 92 valence electrons. The molecule has 0 aliphatic heterocycles. The highest BCUT2D eigenvalue weighted by Gasteiger charge is 2.39. The van der Waals surface area contributed by atoms with Crippen molar-refractivity contribution in [1.82, 2.24) is 9.97 Å². The van der Waals surface area contributed by atoms with Gasteiger partial charge < -0.3 is 4.90 Å². The smallest absolute Gasteiger partial charge is 0.171 e. The van der Waals surface area contributed by atoms with E-state index in [2.05, 4.69) is 21.9 Å². The summed E-state index contributed by atoms with van der Waals surface area (Å²) in [4.78, 5) is 10.6. The van der Waals surface area contributed by atoms with Crippen LogP contribution < -0.4 is 4.90 Å². The molecule has 3 atom stereocenters. The van der Waals surface area contributed by atoms with Crippen molar-refractivity contribution >= 4 is 17.4 Å². The van der Waals surface area contributed by atoms with Gasteiger partial charge in [0.25, 0.3) is 0 Å². The van der Waals surface area contributed by atoms with E-state index in [-0.39, 0.29) is 0 Å². The summed E-state index contributed by atoms with van der Waals surface area (Å²) in [5, 5.41) is 0.512. The Morgan fingerprint density at radius 3 is 2.76 bits per heavy atom. The van der Waals surface area contributed by atoms with E-state index in [0.717, 1.165) is 30.1 Å². The molecule has 2 saturated carbocycles. The Labute approximate surface area is 107 Å². The second kappa shape index (κ2) is 4.45. The van der Waals surface area contributed by atoms with Crippen molar-refractivity contribution in [3.63, 3.8) is 0 Å². The van der Waals surface area contributed by atoms with Crippen molar-refractivity contribution in [2.75, 3.05) is 18.5 Å². The van der Waals surface area contributed by atoms with Crippen LogP contribution in [0.25, 0.3) is 0 Å². The fraction of sp³-hybridized carbons (Fsp3) is 0.692. The first kappa shape index (κ1) is 11.3. The summed E-state index contributed by atoms with van der Waals surface area (Å²) >= 11 is 6.07. The molecule has 2 aliphatic rings. The number of anilines is 1. The Balaban J connectivity index is 1.68. The van der Waals surface area contributed by atoms with Crippen LogP contribution in [-0.4, -0.2) is 23.6 Å². The third-order valence-corrected chi connectivity index (χ3v) is 4.66. The molecule has 3 nitrogen and oxygen atoms in total. The summed E-state index contributed by atoms with van der Waals surface area (Å²) < 4.78 is 0. The Morgan fingerprint density at radius 2 is 2.12 bits per heavy atom. The second-order valence-corrected chi connectivity index (χ2v) is 5.84. The van der Waals surface area contributed by atoms with Crippen molar-refractivity contribution in [3.05, 3.63) is 17.5 Å². The molecule has 1 aromatic rings. The lowest BCUT2D eigenvalue weighted by Crippen LogP contribution is -2.29. The van der Waals surface area contributed by atoms with Crippen molar-refractivity contribution in [2.24, 2.45) is 17.8 Å². The van der Waals surface area contributed by atoms with Gasteiger partial charge in [-0.2, -0.15) is 0 Å². The quantitative estimate of drug-likeness (QED) is 0.827. The molecule has 0 amide bonds. The van der Waals surface area contributed by atoms with E-state index in [1.165, 1.54) is 25.7 Å². The molecule has 4 heteroatoms. The zero-order chi connectivity index (χ0) is 11.8. The van der Waals surface area contributed by atoms with Gasteiger partial charge in [0, 0.05) is 26.0 Å². The molecule has 3 rings (SSSR count). The molecule has 3 unspecified atom stereocenters. The summed E-state index contributed by atoms with van der Waals surface area (Å²) in [6.45, 7) is 1.07. The van der Waals surface area contributed by atoms with Crippen LogP contribution in [0, 0.1) is 17.8 Å². The maximum atomic E-state index is 6.07. The summed E-state index contributed by atoms with van der Waals surface area (Å²) in [6.07, 6.45) is 9.07. The lowest BCUT2D eigenvalue weighted by atomic mass is 9.88. The van der Waals surface area contributed by atoms with E-state index in [9.17, 15) is 0 Å². The number of hydrogen-bond donors (Lipinski definition) is 0. The van der Waals surface area contributed by atoms with Gasteiger partial charge in [-0.1, -0.05) is 18.0 Å².